The fourth-order valence-corrected chi connectivity index (χ4v) is 8.82. The number of ether oxygens (including phenoxy) is 3. The van der Waals surface area contributed by atoms with Crippen molar-refractivity contribution >= 4 is 17.9 Å². The summed E-state index contributed by atoms with van der Waals surface area (Å²) in [4.78, 5) is 38.1. The van der Waals surface area contributed by atoms with E-state index in [1.165, 1.54) is 199 Å². The molecule has 0 unspecified atom stereocenters. The van der Waals surface area contributed by atoms with Crippen molar-refractivity contribution in [2.45, 2.75) is 324 Å². The maximum atomic E-state index is 12.8. The molecule has 64 heavy (non-hydrogen) atoms. The zero-order valence-electron chi connectivity index (χ0n) is 44.1. The van der Waals surface area contributed by atoms with Gasteiger partial charge in [-0.15, -0.1) is 0 Å². The average Bonchev–Trinajstić information content (AvgIpc) is 3.25. The molecule has 0 aliphatic heterocycles. The van der Waals surface area contributed by atoms with Gasteiger partial charge in [0.15, 0.2) is 6.10 Å². The lowest BCUT2D eigenvalue weighted by molar-refractivity contribution is -0.167. The van der Waals surface area contributed by atoms with Crippen LogP contribution in [0.5, 0.6) is 0 Å². The molecule has 6 nitrogen and oxygen atoms in total. The quantitative estimate of drug-likeness (QED) is 0.0344. The molecule has 0 aromatic rings. The van der Waals surface area contributed by atoms with Crippen molar-refractivity contribution in [3.05, 3.63) is 0 Å². The van der Waals surface area contributed by atoms with E-state index in [1.807, 2.05) is 0 Å². The molecule has 6 heteroatoms. The summed E-state index contributed by atoms with van der Waals surface area (Å²) in [5, 5.41) is 0. The largest absolute Gasteiger partial charge is 0.462 e. The zero-order chi connectivity index (χ0) is 47.0. The highest BCUT2D eigenvalue weighted by Gasteiger charge is 2.19. The zero-order valence-corrected chi connectivity index (χ0v) is 44.1. The smallest absolute Gasteiger partial charge is 0.306 e. The highest BCUT2D eigenvalue weighted by Crippen LogP contribution is 2.18. The molecule has 0 heterocycles. The van der Waals surface area contributed by atoms with Gasteiger partial charge in [0.1, 0.15) is 13.2 Å². The third-order valence-electron chi connectivity index (χ3n) is 13.1. The van der Waals surface area contributed by atoms with Crippen LogP contribution < -0.4 is 0 Å². The fraction of sp³-hybridized carbons (Fsp3) is 0.948. The minimum atomic E-state index is -0.763. The number of carbonyl (C=O) groups is 3. The van der Waals surface area contributed by atoms with Gasteiger partial charge in [-0.2, -0.15) is 0 Å². The summed E-state index contributed by atoms with van der Waals surface area (Å²) < 4.78 is 16.9. The Labute approximate surface area is 399 Å². The van der Waals surface area contributed by atoms with E-state index in [1.54, 1.807) is 0 Å². The van der Waals surface area contributed by atoms with Crippen molar-refractivity contribution in [2.24, 2.45) is 17.8 Å². The van der Waals surface area contributed by atoms with Gasteiger partial charge in [-0.25, -0.2) is 0 Å². The Morgan fingerprint density at radius 3 is 0.672 bits per heavy atom. The molecule has 0 saturated heterocycles. The molecule has 0 aromatic carbocycles. The molecule has 380 valence electrons. The predicted molar refractivity (Wildman–Crippen MR) is 275 cm³/mol. The van der Waals surface area contributed by atoms with Crippen LogP contribution in [0.1, 0.15) is 318 Å². The van der Waals surface area contributed by atoms with Gasteiger partial charge in [-0.1, -0.05) is 279 Å². The van der Waals surface area contributed by atoms with E-state index in [9.17, 15) is 14.4 Å². The highest BCUT2D eigenvalue weighted by molar-refractivity contribution is 5.71. The van der Waals surface area contributed by atoms with Crippen molar-refractivity contribution in [1.29, 1.82) is 0 Å². The van der Waals surface area contributed by atoms with Crippen LogP contribution in [0.4, 0.5) is 0 Å². The van der Waals surface area contributed by atoms with Crippen molar-refractivity contribution in [1.82, 2.24) is 0 Å². The van der Waals surface area contributed by atoms with E-state index >= 15 is 0 Å². The standard InChI is InChI=1S/C58H112O6/c1-52(2)44-38-32-26-20-15-11-8-7-9-13-18-24-31-37-43-49-58(61)64-55(51-63-57(60)48-42-36-30-25-19-22-28-34-40-46-54(5)6)50-62-56(59)47-41-35-29-23-17-14-10-12-16-21-27-33-39-45-53(3)4/h52-55H,7-51H2,1-6H3/t55-/m1/s1. The van der Waals surface area contributed by atoms with Crippen LogP contribution in [0.3, 0.4) is 0 Å². The van der Waals surface area contributed by atoms with Crippen LogP contribution in [-0.4, -0.2) is 37.2 Å². The molecule has 0 N–H and O–H groups in total. The molecular weight excluding hydrogens is 793 g/mol. The molecule has 0 aliphatic rings. The molecular formula is C58H112O6. The van der Waals surface area contributed by atoms with Crippen LogP contribution in [0.15, 0.2) is 0 Å². The molecule has 0 fully saturated rings. The first-order chi connectivity index (χ1) is 31.1. The Kier molecular flexibility index (Phi) is 48.1. The molecule has 0 aliphatic carbocycles. The molecule has 0 aromatic heterocycles. The van der Waals surface area contributed by atoms with E-state index in [0.29, 0.717) is 19.3 Å². The third kappa shape index (κ3) is 51.4. The molecule has 1 atom stereocenters. The second-order valence-electron chi connectivity index (χ2n) is 21.4. The van der Waals surface area contributed by atoms with E-state index in [4.69, 9.17) is 14.2 Å². The van der Waals surface area contributed by atoms with E-state index in [0.717, 1.165) is 75.5 Å². The van der Waals surface area contributed by atoms with Crippen LogP contribution in [0, 0.1) is 17.8 Å². The summed E-state index contributed by atoms with van der Waals surface area (Å²) >= 11 is 0. The Hall–Kier alpha value is -1.59. The highest BCUT2D eigenvalue weighted by atomic mass is 16.6. The average molecular weight is 906 g/mol. The Morgan fingerprint density at radius 1 is 0.266 bits per heavy atom. The van der Waals surface area contributed by atoms with Gasteiger partial charge in [0.05, 0.1) is 0 Å². The SMILES string of the molecule is CC(C)CCCCCCCCCCCCCCCCCC(=O)O[C@H](COC(=O)CCCCCCCCCCCCCCCC(C)C)COC(=O)CCCCCCCCCCCC(C)C. The minimum absolute atomic E-state index is 0.0638. The number of esters is 3. The summed E-state index contributed by atoms with van der Waals surface area (Å²) in [7, 11) is 0. The lowest BCUT2D eigenvalue weighted by Crippen LogP contribution is -2.30. The maximum Gasteiger partial charge on any atom is 0.306 e. The van der Waals surface area contributed by atoms with Gasteiger partial charge < -0.3 is 14.2 Å². The van der Waals surface area contributed by atoms with Gasteiger partial charge in [-0.3, -0.25) is 14.4 Å². The monoisotopic (exact) mass is 905 g/mol. The maximum absolute atomic E-state index is 12.8. The van der Waals surface area contributed by atoms with Gasteiger partial charge in [0.2, 0.25) is 0 Å². The number of rotatable bonds is 51. The van der Waals surface area contributed by atoms with Crippen molar-refractivity contribution in [3.8, 4) is 0 Å². The first-order valence-corrected chi connectivity index (χ1v) is 28.6. The van der Waals surface area contributed by atoms with Crippen LogP contribution in [-0.2, 0) is 28.6 Å². The first kappa shape index (κ1) is 62.4. The molecule has 0 rings (SSSR count). The lowest BCUT2D eigenvalue weighted by atomic mass is 10.0. The Balaban J connectivity index is 4.29. The summed E-state index contributed by atoms with van der Waals surface area (Å²) in [5.41, 5.74) is 0. The van der Waals surface area contributed by atoms with E-state index < -0.39 is 6.10 Å². The van der Waals surface area contributed by atoms with Crippen molar-refractivity contribution < 1.29 is 28.6 Å². The van der Waals surface area contributed by atoms with Gasteiger partial charge in [-0.05, 0) is 37.0 Å². The first-order valence-electron chi connectivity index (χ1n) is 28.6. The van der Waals surface area contributed by atoms with Crippen molar-refractivity contribution in [3.63, 3.8) is 0 Å². The van der Waals surface area contributed by atoms with Crippen molar-refractivity contribution in [2.75, 3.05) is 13.2 Å². The lowest BCUT2D eigenvalue weighted by Gasteiger charge is -2.18. The van der Waals surface area contributed by atoms with Crippen LogP contribution in [0.2, 0.25) is 0 Å². The van der Waals surface area contributed by atoms with Gasteiger partial charge in [0, 0.05) is 19.3 Å². The normalized spacial score (nSPS) is 12.1. The summed E-state index contributed by atoms with van der Waals surface area (Å²) in [6.45, 7) is 13.7. The summed E-state index contributed by atoms with van der Waals surface area (Å²) in [6, 6.07) is 0. The molecule has 0 amide bonds. The molecule has 0 spiro atoms. The second kappa shape index (κ2) is 49.3. The minimum Gasteiger partial charge on any atom is -0.462 e. The molecule has 0 bridgehead atoms. The topological polar surface area (TPSA) is 78.9 Å². The summed E-state index contributed by atoms with van der Waals surface area (Å²) in [6.07, 6.45) is 51.0. The Morgan fingerprint density at radius 2 is 0.453 bits per heavy atom. The molecule has 0 radical (unpaired) electrons. The number of hydrogen-bond donors (Lipinski definition) is 0. The van der Waals surface area contributed by atoms with Crippen LogP contribution in [0.25, 0.3) is 0 Å². The predicted octanol–water partition coefficient (Wildman–Crippen LogP) is 18.7. The van der Waals surface area contributed by atoms with Crippen LogP contribution >= 0.6 is 0 Å². The van der Waals surface area contributed by atoms with E-state index in [-0.39, 0.29) is 31.1 Å². The fourth-order valence-electron chi connectivity index (χ4n) is 8.82. The number of unbranched alkanes of at least 4 members (excludes halogenated alkanes) is 34. The van der Waals surface area contributed by atoms with Gasteiger partial charge in [0.25, 0.3) is 0 Å². The number of hydrogen-bond acceptors (Lipinski definition) is 6. The van der Waals surface area contributed by atoms with Gasteiger partial charge >= 0.3 is 17.9 Å². The van der Waals surface area contributed by atoms with E-state index in [2.05, 4.69) is 41.5 Å². The molecule has 0 saturated carbocycles. The Bertz CT molecular complexity index is 991. The third-order valence-corrected chi connectivity index (χ3v) is 13.1. The second-order valence-corrected chi connectivity index (χ2v) is 21.4. The number of carbonyl (C=O) groups excluding carboxylic acids is 3. The summed E-state index contributed by atoms with van der Waals surface area (Å²) in [5.74, 6) is 1.65.